The van der Waals surface area contributed by atoms with Crippen molar-refractivity contribution in [3.63, 3.8) is 0 Å². The largest absolute Gasteiger partial charge is 0.374 e. The SMILES string of the molecule is [C-]#[N+]CCOP(OC1C(OC)[C@H](n2ccc(=O)[nH]c2=O)O[C@@H]1SC(C)P(=O)(OC)OC)N(C(C)C)C(C)C. The Labute approximate surface area is 228 Å². The number of thioether (sulfide) groups is 1. The van der Waals surface area contributed by atoms with Gasteiger partial charge >= 0.3 is 13.3 Å². The Morgan fingerprint density at radius 2 is 1.82 bits per heavy atom. The second-order valence-corrected chi connectivity index (χ2v) is 14.6. The van der Waals surface area contributed by atoms with Gasteiger partial charge in [-0.05, 0) is 34.6 Å². The average molecular weight is 597 g/mol. The maximum atomic E-state index is 13.1. The van der Waals surface area contributed by atoms with E-state index in [0.29, 0.717) is 0 Å². The van der Waals surface area contributed by atoms with Gasteiger partial charge in [0, 0.05) is 45.7 Å². The Hall–Kier alpha value is -1.10. The van der Waals surface area contributed by atoms with Crippen molar-refractivity contribution in [1.82, 2.24) is 14.2 Å². The fraction of sp³-hybridized carbons (Fsp3) is 0.773. The van der Waals surface area contributed by atoms with Gasteiger partial charge in [0.2, 0.25) is 6.54 Å². The van der Waals surface area contributed by atoms with E-state index in [2.05, 4.69) is 14.5 Å². The minimum Gasteiger partial charge on any atom is -0.374 e. The molecule has 2 rings (SSSR count). The lowest BCUT2D eigenvalue weighted by molar-refractivity contribution is -0.0454. The van der Waals surface area contributed by atoms with Gasteiger partial charge in [-0.3, -0.25) is 18.9 Å². The molecular formula is C22H38N4O9P2S. The lowest BCUT2D eigenvalue weighted by Crippen LogP contribution is -2.41. The van der Waals surface area contributed by atoms with Gasteiger partial charge in [-0.1, -0.05) is 0 Å². The molecule has 1 N–H and O–H groups in total. The van der Waals surface area contributed by atoms with Crippen molar-refractivity contribution in [1.29, 1.82) is 0 Å². The molecule has 16 heteroatoms. The third-order valence-corrected chi connectivity index (χ3v) is 11.9. The van der Waals surface area contributed by atoms with Crippen molar-refractivity contribution < 1.29 is 32.1 Å². The Kier molecular flexibility index (Phi) is 13.1. The molecule has 0 saturated carbocycles. The Morgan fingerprint density at radius 3 is 2.32 bits per heavy atom. The maximum Gasteiger partial charge on any atom is 0.342 e. The van der Waals surface area contributed by atoms with E-state index in [1.54, 1.807) is 6.92 Å². The Morgan fingerprint density at radius 1 is 1.18 bits per heavy atom. The van der Waals surface area contributed by atoms with Crippen LogP contribution in [-0.4, -0.2) is 83.4 Å². The molecular weight excluding hydrogens is 558 g/mol. The van der Waals surface area contributed by atoms with Crippen LogP contribution in [0, 0.1) is 6.57 Å². The molecule has 0 amide bonds. The van der Waals surface area contributed by atoms with E-state index in [9.17, 15) is 14.2 Å². The van der Waals surface area contributed by atoms with Crippen molar-refractivity contribution in [2.24, 2.45) is 0 Å². The number of H-pyrrole nitrogens is 1. The molecule has 4 unspecified atom stereocenters. The molecule has 38 heavy (non-hydrogen) atoms. The summed E-state index contributed by atoms with van der Waals surface area (Å²) in [6.07, 6.45) is -1.28. The molecule has 0 aromatic carbocycles. The lowest BCUT2D eigenvalue weighted by atomic mass is 10.2. The van der Waals surface area contributed by atoms with E-state index in [-0.39, 0.29) is 25.2 Å². The van der Waals surface area contributed by atoms with E-state index in [0.717, 1.165) is 11.8 Å². The van der Waals surface area contributed by atoms with E-state index in [4.69, 9.17) is 34.1 Å². The molecule has 1 saturated heterocycles. The molecule has 1 aromatic rings. The van der Waals surface area contributed by atoms with Gasteiger partial charge in [0.1, 0.15) is 29.2 Å². The Balaban J connectivity index is 2.53. The molecule has 1 aromatic heterocycles. The highest BCUT2D eigenvalue weighted by Gasteiger charge is 2.51. The van der Waals surface area contributed by atoms with Crippen LogP contribution in [0.3, 0.4) is 0 Å². The maximum absolute atomic E-state index is 13.1. The highest BCUT2D eigenvalue weighted by Crippen LogP contribution is 2.59. The highest BCUT2D eigenvalue weighted by molar-refractivity contribution is 8.05. The normalized spacial score (nSPS) is 23.7. The number of hydrogen-bond acceptors (Lipinski definition) is 11. The Bertz CT molecular complexity index is 1080. The predicted molar refractivity (Wildman–Crippen MR) is 146 cm³/mol. The third-order valence-electron chi connectivity index (χ3n) is 5.69. The minimum absolute atomic E-state index is 0.0437. The summed E-state index contributed by atoms with van der Waals surface area (Å²) >= 11 is 1.16. The van der Waals surface area contributed by atoms with Gasteiger partial charge < -0.3 is 32.4 Å². The zero-order valence-electron chi connectivity index (χ0n) is 22.9. The van der Waals surface area contributed by atoms with Crippen LogP contribution in [0.4, 0.5) is 0 Å². The summed E-state index contributed by atoms with van der Waals surface area (Å²) in [4.78, 5) is 29.2. The first kappa shape index (κ1) is 33.1. The van der Waals surface area contributed by atoms with E-state index in [1.165, 1.54) is 38.2 Å². The average Bonchev–Trinajstić information content (AvgIpc) is 3.19. The monoisotopic (exact) mass is 596 g/mol. The van der Waals surface area contributed by atoms with E-state index < -0.39 is 56.2 Å². The van der Waals surface area contributed by atoms with Crippen molar-refractivity contribution in [2.75, 3.05) is 34.5 Å². The van der Waals surface area contributed by atoms with Gasteiger partial charge in [0.05, 0.1) is 0 Å². The van der Waals surface area contributed by atoms with Crippen LogP contribution in [0.1, 0.15) is 40.8 Å². The van der Waals surface area contributed by atoms with Crippen LogP contribution in [-0.2, 0) is 32.1 Å². The van der Waals surface area contributed by atoms with Crippen LogP contribution >= 0.6 is 27.9 Å². The number of nitrogens with zero attached hydrogens (tertiary/aromatic N) is 3. The van der Waals surface area contributed by atoms with Crippen molar-refractivity contribution >= 4 is 27.9 Å². The summed E-state index contributed by atoms with van der Waals surface area (Å²) < 4.78 is 51.4. The fourth-order valence-corrected chi connectivity index (χ4v) is 8.93. The second kappa shape index (κ2) is 15.1. The molecule has 0 spiro atoms. The number of aromatic amines is 1. The molecule has 216 valence electrons. The standard InChI is InChI=1S/C22H38N4O9P2S/c1-14(2)26(15(3)4)36(33-13-11-23-6)35-19-18(30-7)20(25-12-10-17(27)24-22(25)28)34-21(19)38-16(5)37(29,31-8)32-9/h10,12,14-16,18-21H,11,13H2,1-5,7-9H3,(H,24,27,28)/t16?,18?,19?,20-,21-,36?/m1/s1. The van der Waals surface area contributed by atoms with Crippen LogP contribution in [0.5, 0.6) is 0 Å². The number of ether oxygens (including phenoxy) is 2. The summed E-state index contributed by atoms with van der Waals surface area (Å²) in [6.45, 7) is 17.2. The molecule has 0 bridgehead atoms. The number of aromatic nitrogens is 2. The second-order valence-electron chi connectivity index (χ2n) is 8.84. The smallest absolute Gasteiger partial charge is 0.342 e. The quantitative estimate of drug-likeness (QED) is 0.181. The zero-order chi connectivity index (χ0) is 28.6. The number of rotatable bonds is 15. The number of hydrogen-bond donors (Lipinski definition) is 1. The summed E-state index contributed by atoms with van der Waals surface area (Å²) in [5.41, 5.74) is -2.02. The molecule has 13 nitrogen and oxygen atoms in total. The summed E-state index contributed by atoms with van der Waals surface area (Å²) in [5, 5.41) is 0. The van der Waals surface area contributed by atoms with Gasteiger partial charge in [-0.2, -0.15) is 0 Å². The lowest BCUT2D eigenvalue weighted by Gasteiger charge is -2.38. The van der Waals surface area contributed by atoms with Gasteiger partial charge in [0.15, 0.2) is 6.23 Å². The van der Waals surface area contributed by atoms with Gasteiger partial charge in [-0.25, -0.2) is 16.0 Å². The first-order chi connectivity index (χ1) is 17.9. The first-order valence-electron chi connectivity index (χ1n) is 12.0. The molecule has 0 radical (unpaired) electrons. The summed E-state index contributed by atoms with van der Waals surface area (Å²) in [5.74, 6) is 0. The molecule has 6 atom stereocenters. The van der Waals surface area contributed by atoms with Crippen LogP contribution in [0.25, 0.3) is 4.85 Å². The van der Waals surface area contributed by atoms with E-state index >= 15 is 0 Å². The highest BCUT2D eigenvalue weighted by atomic mass is 32.2. The summed E-state index contributed by atoms with van der Waals surface area (Å²) in [7, 11) is -1.13. The number of nitrogens with one attached hydrogen (secondary N) is 1. The molecule has 1 fully saturated rings. The van der Waals surface area contributed by atoms with Crippen molar-refractivity contribution in [3.8, 4) is 0 Å². The summed E-state index contributed by atoms with van der Waals surface area (Å²) in [6, 6.07) is 1.30. The topological polar surface area (TPSA) is 135 Å². The minimum atomic E-state index is -3.49. The van der Waals surface area contributed by atoms with Gasteiger partial charge in [-0.15, -0.1) is 11.8 Å². The number of methoxy groups -OCH3 is 1. The first-order valence-corrected chi connectivity index (χ1v) is 15.7. The third kappa shape index (κ3) is 7.98. The van der Waals surface area contributed by atoms with Crippen LogP contribution in [0.2, 0.25) is 0 Å². The molecule has 1 aliphatic rings. The predicted octanol–water partition coefficient (Wildman–Crippen LogP) is 3.64. The molecule has 1 aliphatic heterocycles. The van der Waals surface area contributed by atoms with Crippen LogP contribution in [0.15, 0.2) is 21.9 Å². The van der Waals surface area contributed by atoms with Crippen LogP contribution < -0.4 is 11.2 Å². The van der Waals surface area contributed by atoms with Gasteiger partial charge in [0.25, 0.3) is 14.1 Å². The zero-order valence-corrected chi connectivity index (χ0v) is 25.5. The fourth-order valence-electron chi connectivity index (χ4n) is 3.96. The molecule has 2 heterocycles. The molecule has 0 aliphatic carbocycles. The van der Waals surface area contributed by atoms with Crippen molar-refractivity contribution in [2.45, 2.75) is 75.6 Å². The van der Waals surface area contributed by atoms with Crippen molar-refractivity contribution in [3.05, 3.63) is 44.5 Å². The van der Waals surface area contributed by atoms with E-state index in [1.807, 2.05) is 27.7 Å².